The monoisotopic (exact) mass is 611 g/mol. The zero-order valence-electron chi connectivity index (χ0n) is 26.1. The number of carbonyl (C=O) groups excluding carboxylic acids is 3. The first-order valence-corrected chi connectivity index (χ1v) is 14.5. The smallest absolute Gasteiger partial charge is 0.407 e. The van der Waals surface area contributed by atoms with Crippen LogP contribution >= 0.6 is 0 Å². The van der Waals surface area contributed by atoms with Crippen molar-refractivity contribution in [1.29, 1.82) is 0 Å². The summed E-state index contributed by atoms with van der Waals surface area (Å²) in [6.45, 7) is 4.77. The summed E-state index contributed by atoms with van der Waals surface area (Å²) in [5, 5.41) is 5.19. The molecule has 3 amide bonds. The number of allylic oxidation sites excluding steroid dienone is 1. The summed E-state index contributed by atoms with van der Waals surface area (Å²) < 4.78 is 21.1. The van der Waals surface area contributed by atoms with E-state index in [1.54, 1.807) is 38.5 Å². The minimum atomic E-state index is -1.04. The summed E-state index contributed by atoms with van der Waals surface area (Å²) in [7, 11) is 6.93. The highest BCUT2D eigenvalue weighted by Gasteiger charge is 2.22. The molecule has 12 nitrogen and oxygen atoms in total. The standard InChI is InChI=1S/C31H42FN7O5/c1-20(2)16-22-23(32)18-33-26-17-21(34-28(22)26)19-39-13-9-11-25(30(39)42)35-29(41)24(10-7-8-12-27(40)38(5)6)36-31(43)44-15-14-37(3)4/h8-9,11-13,17-18,20,24,34H,7,10,14-16,19H2,1-6H3,(H,35,41)(H,36,43)/b12-8+/t24-/m0/s1. The number of anilines is 1. The van der Waals surface area contributed by atoms with Gasteiger partial charge < -0.3 is 34.7 Å². The Morgan fingerprint density at radius 1 is 1.20 bits per heavy atom. The fraction of sp³-hybridized carbons (Fsp3) is 0.452. The van der Waals surface area contributed by atoms with E-state index in [-0.39, 0.29) is 42.9 Å². The number of rotatable bonds is 14. The average molecular weight is 612 g/mol. The lowest BCUT2D eigenvalue weighted by molar-refractivity contribution is -0.123. The van der Waals surface area contributed by atoms with Gasteiger partial charge >= 0.3 is 6.09 Å². The molecule has 3 rings (SSSR count). The Bertz CT molecular complexity index is 1540. The van der Waals surface area contributed by atoms with Gasteiger partial charge in [-0.05, 0) is 63.6 Å². The fourth-order valence-electron chi connectivity index (χ4n) is 4.38. The Morgan fingerprint density at radius 2 is 1.95 bits per heavy atom. The van der Waals surface area contributed by atoms with Crippen LogP contribution in [0.15, 0.2) is 47.5 Å². The second kappa shape index (κ2) is 15.8. The highest BCUT2D eigenvalue weighted by atomic mass is 19.1. The molecule has 3 aromatic rings. The van der Waals surface area contributed by atoms with Gasteiger partial charge in [-0.2, -0.15) is 0 Å². The van der Waals surface area contributed by atoms with Crippen molar-refractivity contribution in [2.75, 3.05) is 46.7 Å². The van der Waals surface area contributed by atoms with E-state index in [9.17, 15) is 23.6 Å². The molecule has 0 spiro atoms. The molecule has 3 N–H and O–H groups in total. The Balaban J connectivity index is 1.77. The average Bonchev–Trinajstić information content (AvgIpc) is 3.36. The number of halogens is 1. The lowest BCUT2D eigenvalue weighted by Gasteiger charge is -2.18. The molecule has 0 saturated heterocycles. The number of ether oxygens (including phenoxy) is 1. The number of carbonyl (C=O) groups is 3. The predicted octanol–water partition coefficient (Wildman–Crippen LogP) is 3.13. The summed E-state index contributed by atoms with van der Waals surface area (Å²) in [6.07, 6.45) is 6.02. The Hall–Kier alpha value is -4.52. The Kier molecular flexibility index (Phi) is 12.2. The fourth-order valence-corrected chi connectivity index (χ4v) is 4.38. The molecule has 0 aliphatic carbocycles. The number of fused-ring (bicyclic) bond motifs is 1. The van der Waals surface area contributed by atoms with Crippen molar-refractivity contribution < 1.29 is 23.5 Å². The number of nitrogens with zero attached hydrogens (tertiary/aromatic N) is 4. The van der Waals surface area contributed by atoms with Crippen molar-refractivity contribution in [2.45, 2.75) is 45.7 Å². The molecule has 1 atom stereocenters. The molecule has 0 aliphatic heterocycles. The van der Waals surface area contributed by atoms with Gasteiger partial charge in [-0.3, -0.25) is 19.4 Å². The van der Waals surface area contributed by atoms with Crippen LogP contribution in [0.5, 0.6) is 0 Å². The lowest BCUT2D eigenvalue weighted by Crippen LogP contribution is -2.45. The molecule has 0 unspecified atom stereocenters. The zero-order chi connectivity index (χ0) is 32.4. The lowest BCUT2D eigenvalue weighted by atomic mass is 10.0. The number of aromatic nitrogens is 3. The molecule has 0 bridgehead atoms. The second-order valence-electron chi connectivity index (χ2n) is 11.4. The number of amides is 3. The van der Waals surface area contributed by atoms with Gasteiger partial charge in [0.15, 0.2) is 0 Å². The topological polar surface area (TPSA) is 142 Å². The molecule has 44 heavy (non-hydrogen) atoms. The summed E-state index contributed by atoms with van der Waals surface area (Å²) in [4.78, 5) is 61.5. The number of hydrogen-bond donors (Lipinski definition) is 3. The molecular weight excluding hydrogens is 569 g/mol. The number of H-pyrrole nitrogens is 1. The first-order valence-electron chi connectivity index (χ1n) is 14.5. The van der Waals surface area contributed by atoms with Crippen molar-refractivity contribution in [3.05, 3.63) is 70.2 Å². The number of nitrogens with one attached hydrogen (secondary N) is 3. The Labute approximate surface area is 256 Å². The van der Waals surface area contributed by atoms with Gasteiger partial charge in [-0.1, -0.05) is 19.9 Å². The van der Waals surface area contributed by atoms with Crippen molar-refractivity contribution in [3.63, 3.8) is 0 Å². The number of pyridine rings is 2. The number of aromatic amines is 1. The van der Waals surface area contributed by atoms with E-state index in [0.717, 1.165) is 0 Å². The maximum atomic E-state index is 14.5. The Morgan fingerprint density at radius 3 is 2.64 bits per heavy atom. The maximum Gasteiger partial charge on any atom is 0.407 e. The van der Waals surface area contributed by atoms with Gasteiger partial charge in [-0.15, -0.1) is 0 Å². The summed E-state index contributed by atoms with van der Waals surface area (Å²) in [5.74, 6) is -0.968. The molecule has 0 aliphatic rings. The first-order chi connectivity index (χ1) is 20.8. The summed E-state index contributed by atoms with van der Waals surface area (Å²) >= 11 is 0. The van der Waals surface area contributed by atoms with Crippen molar-refractivity contribution in [3.8, 4) is 0 Å². The number of hydrogen-bond acceptors (Lipinski definition) is 7. The van der Waals surface area contributed by atoms with Gasteiger partial charge in [0, 0.05) is 38.1 Å². The number of alkyl carbamates (subject to hydrolysis) is 1. The normalized spacial score (nSPS) is 12.2. The van der Waals surface area contributed by atoms with Crippen molar-refractivity contribution in [2.24, 2.45) is 5.92 Å². The van der Waals surface area contributed by atoms with Crippen LogP contribution in [-0.4, -0.2) is 89.6 Å². The van der Waals surface area contributed by atoms with Crippen LogP contribution < -0.4 is 16.2 Å². The largest absolute Gasteiger partial charge is 0.448 e. The number of likely N-dealkylation sites (N-methyl/N-ethyl adjacent to an activating group) is 2. The summed E-state index contributed by atoms with van der Waals surface area (Å²) in [6, 6.07) is 3.83. The van der Waals surface area contributed by atoms with E-state index in [4.69, 9.17) is 4.74 Å². The maximum absolute atomic E-state index is 14.5. The van der Waals surface area contributed by atoms with Gasteiger partial charge in [0.1, 0.15) is 24.2 Å². The van der Waals surface area contributed by atoms with Crippen LogP contribution in [0.4, 0.5) is 14.9 Å². The third kappa shape index (κ3) is 9.76. The SMILES string of the molecule is CC(C)Cc1c(F)cnc2cc(Cn3cccc(NC(=O)[C@H](CC/C=C/C(=O)N(C)C)NC(=O)OCCN(C)C)c3=O)[nH]c12. The third-order valence-corrected chi connectivity index (χ3v) is 6.69. The summed E-state index contributed by atoms with van der Waals surface area (Å²) in [5.41, 5.74) is 1.94. The molecule has 3 heterocycles. The molecule has 13 heteroatoms. The molecule has 3 aromatic heterocycles. The van der Waals surface area contributed by atoms with Gasteiger partial charge in [0.2, 0.25) is 11.8 Å². The second-order valence-corrected chi connectivity index (χ2v) is 11.4. The van der Waals surface area contributed by atoms with E-state index >= 15 is 0 Å². The molecular formula is C31H42FN7O5. The van der Waals surface area contributed by atoms with Gasteiger partial charge in [-0.25, -0.2) is 9.18 Å². The molecule has 238 valence electrons. The van der Waals surface area contributed by atoms with Crippen LogP contribution in [0.25, 0.3) is 11.0 Å². The molecule has 0 fully saturated rings. The van der Waals surface area contributed by atoms with E-state index in [1.807, 2.05) is 32.8 Å². The van der Waals surface area contributed by atoms with Gasteiger partial charge in [0.25, 0.3) is 5.56 Å². The minimum Gasteiger partial charge on any atom is -0.448 e. The first kappa shape index (κ1) is 34.0. The highest BCUT2D eigenvalue weighted by Crippen LogP contribution is 2.23. The van der Waals surface area contributed by atoms with E-state index < -0.39 is 23.6 Å². The third-order valence-electron chi connectivity index (χ3n) is 6.69. The predicted molar refractivity (Wildman–Crippen MR) is 167 cm³/mol. The zero-order valence-corrected chi connectivity index (χ0v) is 26.1. The van der Waals surface area contributed by atoms with E-state index in [1.165, 1.54) is 27.8 Å². The van der Waals surface area contributed by atoms with Gasteiger partial charge in [0.05, 0.1) is 23.8 Å². The van der Waals surface area contributed by atoms with Crippen LogP contribution in [0, 0.1) is 11.7 Å². The van der Waals surface area contributed by atoms with Crippen molar-refractivity contribution >= 4 is 34.6 Å². The minimum absolute atomic E-state index is 0.0179. The highest BCUT2D eigenvalue weighted by molar-refractivity contribution is 5.96. The van der Waals surface area contributed by atoms with E-state index in [2.05, 4.69) is 20.6 Å². The van der Waals surface area contributed by atoms with Crippen LogP contribution in [0.1, 0.15) is 37.9 Å². The van der Waals surface area contributed by atoms with Crippen LogP contribution in [0.2, 0.25) is 0 Å². The van der Waals surface area contributed by atoms with E-state index in [0.29, 0.717) is 41.7 Å². The van der Waals surface area contributed by atoms with Crippen LogP contribution in [0.3, 0.4) is 0 Å². The molecule has 0 aromatic carbocycles. The molecule has 0 saturated carbocycles. The molecule has 0 radical (unpaired) electrons. The van der Waals surface area contributed by atoms with Crippen LogP contribution in [-0.2, 0) is 27.3 Å². The van der Waals surface area contributed by atoms with Crippen molar-refractivity contribution in [1.82, 2.24) is 29.7 Å². The quantitative estimate of drug-likeness (QED) is 0.238.